The van der Waals surface area contributed by atoms with Gasteiger partial charge in [-0.15, -0.1) is 11.3 Å². The fraction of sp³-hybridized carbons (Fsp3) is 0.133. The van der Waals surface area contributed by atoms with Crippen LogP contribution >= 0.6 is 11.3 Å². The number of nitrogens with zero attached hydrogens (tertiary/aromatic N) is 2. The molecule has 3 rings (SSSR count). The maximum absolute atomic E-state index is 12.6. The van der Waals surface area contributed by atoms with Crippen LogP contribution in [0.3, 0.4) is 0 Å². The summed E-state index contributed by atoms with van der Waals surface area (Å²) in [4.78, 5) is 24.8. The van der Waals surface area contributed by atoms with Crippen molar-refractivity contribution in [2.45, 2.75) is 6.92 Å². The quantitative estimate of drug-likeness (QED) is 0.802. The fourth-order valence-electron chi connectivity index (χ4n) is 2.26. The second kappa shape index (κ2) is 5.27. The molecule has 0 amide bonds. The summed E-state index contributed by atoms with van der Waals surface area (Å²) < 4.78 is 6.19. The van der Waals surface area contributed by atoms with Gasteiger partial charge in [-0.25, -0.2) is 4.79 Å². The zero-order valence-corrected chi connectivity index (χ0v) is 12.7. The SMILES string of the molecule is COc1ccc(-n2nc(C(=O)O)c3csc(C)c3c2=O)cc1. The molecule has 0 aliphatic heterocycles. The first-order valence-electron chi connectivity index (χ1n) is 6.41. The molecule has 1 N–H and O–H groups in total. The lowest BCUT2D eigenvalue weighted by Crippen LogP contribution is -2.24. The van der Waals surface area contributed by atoms with Gasteiger partial charge in [-0.1, -0.05) is 0 Å². The second-order valence-electron chi connectivity index (χ2n) is 4.65. The summed E-state index contributed by atoms with van der Waals surface area (Å²) in [5, 5.41) is 15.8. The van der Waals surface area contributed by atoms with Gasteiger partial charge in [0, 0.05) is 15.6 Å². The van der Waals surface area contributed by atoms with Crippen LogP contribution in [0.5, 0.6) is 5.75 Å². The van der Waals surface area contributed by atoms with Crippen LogP contribution in [0.2, 0.25) is 0 Å². The van der Waals surface area contributed by atoms with Crippen molar-refractivity contribution in [3.63, 3.8) is 0 Å². The summed E-state index contributed by atoms with van der Waals surface area (Å²) in [6.45, 7) is 1.79. The summed E-state index contributed by atoms with van der Waals surface area (Å²) >= 11 is 1.34. The molecule has 0 bridgehead atoms. The van der Waals surface area contributed by atoms with E-state index in [9.17, 15) is 14.7 Å². The molecule has 1 aromatic carbocycles. The van der Waals surface area contributed by atoms with Crippen LogP contribution in [0.1, 0.15) is 15.4 Å². The number of rotatable bonds is 3. The van der Waals surface area contributed by atoms with E-state index < -0.39 is 5.97 Å². The minimum atomic E-state index is -1.16. The maximum Gasteiger partial charge on any atom is 0.357 e. The van der Waals surface area contributed by atoms with Crippen molar-refractivity contribution in [3.05, 3.63) is 50.6 Å². The first kappa shape index (κ1) is 14.3. The van der Waals surface area contributed by atoms with Crippen LogP contribution < -0.4 is 10.3 Å². The Balaban J connectivity index is 2.33. The number of hydrogen-bond donors (Lipinski definition) is 1. The van der Waals surface area contributed by atoms with Crippen molar-refractivity contribution < 1.29 is 14.6 Å². The first-order chi connectivity index (χ1) is 10.5. The van der Waals surface area contributed by atoms with Gasteiger partial charge in [0.15, 0.2) is 5.69 Å². The van der Waals surface area contributed by atoms with Crippen LogP contribution in [-0.2, 0) is 0 Å². The van der Waals surface area contributed by atoms with Crippen molar-refractivity contribution in [2.24, 2.45) is 0 Å². The summed E-state index contributed by atoms with van der Waals surface area (Å²) in [5.74, 6) is -0.520. The lowest BCUT2D eigenvalue weighted by molar-refractivity contribution is 0.0691. The van der Waals surface area contributed by atoms with Crippen molar-refractivity contribution in [2.75, 3.05) is 7.11 Å². The topological polar surface area (TPSA) is 81.4 Å². The number of fused-ring (bicyclic) bond motifs is 1. The Labute approximate surface area is 129 Å². The Morgan fingerprint density at radius 1 is 1.32 bits per heavy atom. The molecule has 0 atom stereocenters. The fourth-order valence-corrected chi connectivity index (χ4v) is 3.10. The molecule has 3 aromatic rings. The number of thiophene rings is 1. The van der Waals surface area contributed by atoms with Gasteiger partial charge in [0.25, 0.3) is 5.56 Å². The highest BCUT2D eigenvalue weighted by molar-refractivity contribution is 7.11. The molecule has 0 fully saturated rings. The van der Waals surface area contributed by atoms with Crippen molar-refractivity contribution >= 4 is 28.1 Å². The Kier molecular flexibility index (Phi) is 3.42. The van der Waals surface area contributed by atoms with Crippen molar-refractivity contribution in [3.8, 4) is 11.4 Å². The molecular formula is C15H12N2O4S. The molecule has 22 heavy (non-hydrogen) atoms. The summed E-state index contributed by atoms with van der Waals surface area (Å²) in [7, 11) is 1.54. The molecule has 0 saturated carbocycles. The van der Waals surface area contributed by atoms with E-state index in [1.165, 1.54) is 11.3 Å². The third-order valence-corrected chi connectivity index (χ3v) is 4.27. The molecule has 0 saturated heterocycles. The highest BCUT2D eigenvalue weighted by Crippen LogP contribution is 2.24. The van der Waals surface area contributed by atoms with Gasteiger partial charge in [-0.05, 0) is 31.2 Å². The van der Waals surface area contributed by atoms with Crippen LogP contribution in [-0.4, -0.2) is 28.0 Å². The lowest BCUT2D eigenvalue weighted by atomic mass is 10.2. The number of carbonyl (C=O) groups is 1. The predicted octanol–water partition coefficient (Wildman–Crippen LogP) is 2.46. The van der Waals surface area contributed by atoms with E-state index in [-0.39, 0.29) is 11.3 Å². The smallest absolute Gasteiger partial charge is 0.357 e. The Morgan fingerprint density at radius 2 is 2.00 bits per heavy atom. The third kappa shape index (κ3) is 2.15. The number of carboxylic acid groups (broad SMARTS) is 1. The molecule has 2 aromatic heterocycles. The van der Waals surface area contributed by atoms with E-state index in [0.29, 0.717) is 22.2 Å². The molecule has 0 unspecified atom stereocenters. The zero-order chi connectivity index (χ0) is 15.9. The zero-order valence-electron chi connectivity index (χ0n) is 11.9. The van der Waals surface area contributed by atoms with E-state index in [0.717, 1.165) is 9.56 Å². The number of hydrogen-bond acceptors (Lipinski definition) is 5. The number of aryl methyl sites for hydroxylation is 1. The predicted molar refractivity (Wildman–Crippen MR) is 83.5 cm³/mol. The third-order valence-electron chi connectivity index (χ3n) is 3.36. The van der Waals surface area contributed by atoms with Gasteiger partial charge in [0.05, 0.1) is 18.2 Å². The standard InChI is InChI=1S/C15H12N2O4S/c1-8-12-11(7-22-8)13(15(19)20)16-17(14(12)18)9-3-5-10(21-2)6-4-9/h3-7H,1-2H3,(H,19,20). The lowest BCUT2D eigenvalue weighted by Gasteiger charge is -2.08. The van der Waals surface area contributed by atoms with Crippen LogP contribution in [0.15, 0.2) is 34.4 Å². The Morgan fingerprint density at radius 3 is 2.59 bits per heavy atom. The Hall–Kier alpha value is -2.67. The average molecular weight is 316 g/mol. The average Bonchev–Trinajstić information content (AvgIpc) is 2.90. The summed E-state index contributed by atoms with van der Waals surface area (Å²) in [6, 6.07) is 6.70. The van der Waals surface area contributed by atoms with Crippen LogP contribution in [0.4, 0.5) is 0 Å². The molecule has 0 radical (unpaired) electrons. The van der Waals surface area contributed by atoms with Crippen molar-refractivity contribution in [1.82, 2.24) is 9.78 Å². The van der Waals surface area contributed by atoms with E-state index in [2.05, 4.69) is 5.10 Å². The highest BCUT2D eigenvalue weighted by atomic mass is 32.1. The van der Waals surface area contributed by atoms with E-state index >= 15 is 0 Å². The molecular weight excluding hydrogens is 304 g/mol. The molecule has 0 spiro atoms. The Bertz CT molecular complexity index is 925. The number of methoxy groups -OCH3 is 1. The summed E-state index contributed by atoms with van der Waals surface area (Å²) in [6.07, 6.45) is 0. The minimum Gasteiger partial charge on any atom is -0.497 e. The number of aromatic carboxylic acids is 1. The first-order valence-corrected chi connectivity index (χ1v) is 7.29. The van der Waals surface area contributed by atoms with Crippen LogP contribution in [0.25, 0.3) is 16.5 Å². The van der Waals surface area contributed by atoms with Gasteiger partial charge in [-0.3, -0.25) is 4.79 Å². The van der Waals surface area contributed by atoms with Gasteiger partial charge in [0.1, 0.15) is 5.75 Å². The van der Waals surface area contributed by atoms with Crippen molar-refractivity contribution in [1.29, 1.82) is 0 Å². The van der Waals surface area contributed by atoms with Gasteiger partial charge < -0.3 is 9.84 Å². The molecule has 0 aliphatic rings. The highest BCUT2D eigenvalue weighted by Gasteiger charge is 2.19. The van der Waals surface area contributed by atoms with E-state index in [1.54, 1.807) is 43.7 Å². The van der Waals surface area contributed by atoms with E-state index in [4.69, 9.17) is 4.74 Å². The van der Waals surface area contributed by atoms with Gasteiger partial charge in [0.2, 0.25) is 0 Å². The number of carboxylic acids is 1. The molecule has 2 heterocycles. The molecule has 112 valence electrons. The second-order valence-corrected chi connectivity index (χ2v) is 5.73. The number of aromatic nitrogens is 2. The van der Waals surface area contributed by atoms with Gasteiger partial charge in [-0.2, -0.15) is 9.78 Å². The van der Waals surface area contributed by atoms with Gasteiger partial charge >= 0.3 is 5.97 Å². The normalized spacial score (nSPS) is 10.8. The summed E-state index contributed by atoms with van der Waals surface area (Å²) in [5.41, 5.74) is 0.0273. The molecule has 6 nitrogen and oxygen atoms in total. The molecule has 7 heteroatoms. The van der Waals surface area contributed by atoms with E-state index in [1.807, 2.05) is 0 Å². The molecule has 0 aliphatic carbocycles. The number of benzene rings is 1. The maximum atomic E-state index is 12.6. The minimum absolute atomic E-state index is 0.130. The largest absolute Gasteiger partial charge is 0.497 e. The monoisotopic (exact) mass is 316 g/mol. The van der Waals surface area contributed by atoms with Crippen LogP contribution in [0, 0.1) is 6.92 Å². The number of ether oxygens (including phenoxy) is 1.